The zero-order valence-electron chi connectivity index (χ0n) is 13.2. The van der Waals surface area contributed by atoms with Crippen LogP contribution in [0.3, 0.4) is 0 Å². The number of benzene rings is 2. The predicted molar refractivity (Wildman–Crippen MR) is 91.5 cm³/mol. The third-order valence-electron chi connectivity index (χ3n) is 3.65. The van der Waals surface area contributed by atoms with Gasteiger partial charge in [0.25, 0.3) is 0 Å². The van der Waals surface area contributed by atoms with E-state index in [0.29, 0.717) is 17.6 Å². The van der Waals surface area contributed by atoms with Crippen molar-refractivity contribution in [3.63, 3.8) is 0 Å². The fourth-order valence-corrected chi connectivity index (χ4v) is 3.11. The Kier molecular flexibility index (Phi) is 4.09. The first-order valence-electron chi connectivity index (χ1n) is 7.19. The monoisotopic (exact) mass is 361 g/mol. The highest BCUT2D eigenvalue weighted by Crippen LogP contribution is 2.24. The van der Waals surface area contributed by atoms with Gasteiger partial charge < -0.3 is 20.1 Å². The Labute approximate surface area is 143 Å². The van der Waals surface area contributed by atoms with Gasteiger partial charge in [-0.2, -0.15) is 0 Å². The first kappa shape index (κ1) is 16.8. The van der Waals surface area contributed by atoms with Crippen LogP contribution >= 0.6 is 0 Å². The van der Waals surface area contributed by atoms with Gasteiger partial charge in [0, 0.05) is 12.3 Å². The number of hydrogen-bond acceptors (Lipinski definition) is 6. The van der Waals surface area contributed by atoms with Crippen molar-refractivity contribution in [1.29, 1.82) is 0 Å². The van der Waals surface area contributed by atoms with E-state index in [9.17, 15) is 13.2 Å². The largest absolute Gasteiger partial charge is 0.511 e. The predicted octanol–water partition coefficient (Wildman–Crippen LogP) is 2.13. The van der Waals surface area contributed by atoms with Crippen molar-refractivity contribution in [2.45, 2.75) is 11.4 Å². The van der Waals surface area contributed by atoms with E-state index in [-0.39, 0.29) is 16.6 Å². The van der Waals surface area contributed by atoms with Crippen LogP contribution in [0, 0.1) is 0 Å². The molecule has 0 spiro atoms. The molecule has 2 aromatic carbocycles. The number of imidazole rings is 1. The highest BCUT2D eigenvalue weighted by atomic mass is 32.2. The second-order valence-corrected chi connectivity index (χ2v) is 7.51. The zero-order chi connectivity index (χ0) is 18.2. The van der Waals surface area contributed by atoms with Gasteiger partial charge in [-0.25, -0.2) is 18.2 Å². The molecular weight excluding hydrogens is 346 g/mol. The smallest absolute Gasteiger partial charge is 0.449 e. The lowest BCUT2D eigenvalue weighted by Gasteiger charge is -2.08. The van der Waals surface area contributed by atoms with Crippen molar-refractivity contribution in [1.82, 2.24) is 9.55 Å². The number of carbonyl (C=O) groups is 1. The van der Waals surface area contributed by atoms with E-state index in [4.69, 9.17) is 10.8 Å². The maximum absolute atomic E-state index is 11.5. The first-order chi connectivity index (χ1) is 11.7. The fourth-order valence-electron chi connectivity index (χ4n) is 2.48. The highest BCUT2D eigenvalue weighted by Gasteiger charge is 2.12. The van der Waals surface area contributed by atoms with Gasteiger partial charge in [-0.05, 0) is 29.8 Å². The Morgan fingerprint density at radius 2 is 1.92 bits per heavy atom. The van der Waals surface area contributed by atoms with Gasteiger partial charge in [-0.1, -0.05) is 12.1 Å². The molecule has 8 nitrogen and oxygen atoms in total. The molecule has 1 heterocycles. The number of nitrogen functional groups attached to an aromatic ring is 1. The molecule has 0 fully saturated rings. The molecule has 0 aliphatic rings. The van der Waals surface area contributed by atoms with E-state index in [1.54, 1.807) is 34.9 Å². The molecule has 25 heavy (non-hydrogen) atoms. The Bertz CT molecular complexity index is 1060. The van der Waals surface area contributed by atoms with Crippen LogP contribution in [0.2, 0.25) is 0 Å². The summed E-state index contributed by atoms with van der Waals surface area (Å²) >= 11 is 0. The summed E-state index contributed by atoms with van der Waals surface area (Å²) in [5.74, 6) is 0.414. The lowest BCUT2D eigenvalue weighted by molar-refractivity contribution is 0.144. The molecule has 0 bridgehead atoms. The van der Waals surface area contributed by atoms with Gasteiger partial charge in [0.05, 0.1) is 22.5 Å². The summed E-state index contributed by atoms with van der Waals surface area (Å²) in [6.07, 6.45) is -0.252. The van der Waals surface area contributed by atoms with Crippen LogP contribution in [0.25, 0.3) is 11.0 Å². The lowest BCUT2D eigenvalue weighted by atomic mass is 10.2. The van der Waals surface area contributed by atoms with Crippen molar-refractivity contribution in [3.8, 4) is 5.75 Å². The molecule has 1 aromatic heterocycles. The average Bonchev–Trinajstić information content (AvgIpc) is 2.81. The molecular formula is C16H15N3O5S. The number of ether oxygens (including phenoxy) is 1. The Hall–Kier alpha value is -3.07. The van der Waals surface area contributed by atoms with E-state index in [2.05, 4.69) is 9.72 Å². The van der Waals surface area contributed by atoms with Gasteiger partial charge in [0.1, 0.15) is 5.75 Å². The third-order valence-corrected chi connectivity index (χ3v) is 4.78. The number of anilines is 1. The number of hydrogen-bond donors (Lipinski definition) is 2. The van der Waals surface area contributed by atoms with Gasteiger partial charge in [0.15, 0.2) is 9.84 Å². The minimum Gasteiger partial charge on any atom is -0.449 e. The summed E-state index contributed by atoms with van der Waals surface area (Å²) in [7, 11) is -3.24. The van der Waals surface area contributed by atoms with Crippen LogP contribution in [0.4, 0.5) is 10.7 Å². The van der Waals surface area contributed by atoms with Crippen LogP contribution in [0.1, 0.15) is 5.56 Å². The molecule has 9 heteroatoms. The molecule has 3 aromatic rings. The fraction of sp³-hybridized carbons (Fsp3) is 0.125. The number of nitrogens with two attached hydrogens (primary N) is 1. The van der Waals surface area contributed by atoms with Crippen molar-refractivity contribution in [3.05, 3.63) is 48.0 Å². The van der Waals surface area contributed by atoms with Crippen molar-refractivity contribution in [2.24, 2.45) is 0 Å². The number of nitrogens with zero attached hydrogens (tertiary/aromatic N) is 2. The van der Waals surface area contributed by atoms with Crippen LogP contribution in [0.15, 0.2) is 47.4 Å². The number of rotatable bonds is 4. The van der Waals surface area contributed by atoms with E-state index in [0.717, 1.165) is 11.8 Å². The quantitative estimate of drug-likeness (QED) is 0.538. The average molecular weight is 361 g/mol. The first-order valence-corrected chi connectivity index (χ1v) is 9.09. The van der Waals surface area contributed by atoms with Crippen LogP contribution in [-0.2, 0) is 16.4 Å². The second-order valence-electron chi connectivity index (χ2n) is 5.49. The van der Waals surface area contributed by atoms with Gasteiger partial charge >= 0.3 is 6.16 Å². The maximum Gasteiger partial charge on any atom is 0.511 e. The molecule has 130 valence electrons. The molecule has 0 amide bonds. The minimum atomic E-state index is -3.24. The minimum absolute atomic E-state index is 0.155. The van der Waals surface area contributed by atoms with Gasteiger partial charge in [0.2, 0.25) is 5.95 Å². The summed E-state index contributed by atoms with van der Waals surface area (Å²) in [4.78, 5) is 15.1. The van der Waals surface area contributed by atoms with Crippen LogP contribution < -0.4 is 10.5 Å². The molecule has 0 saturated heterocycles. The van der Waals surface area contributed by atoms with E-state index in [1.807, 2.05) is 0 Å². The highest BCUT2D eigenvalue weighted by molar-refractivity contribution is 7.90. The SMILES string of the molecule is CS(=O)(=O)c1ccc(Cn2c(N)nc3cc(OC(=O)O)ccc32)cc1. The van der Waals surface area contributed by atoms with Crippen LogP contribution in [-0.4, -0.2) is 35.5 Å². The van der Waals surface area contributed by atoms with Crippen LogP contribution in [0.5, 0.6) is 5.75 Å². The van der Waals surface area contributed by atoms with Gasteiger partial charge in [-0.15, -0.1) is 0 Å². The summed E-state index contributed by atoms with van der Waals surface area (Å²) in [5, 5.41) is 8.66. The molecule has 0 aliphatic heterocycles. The molecule has 0 radical (unpaired) electrons. The Balaban J connectivity index is 1.93. The summed E-state index contributed by atoms with van der Waals surface area (Å²) in [6.45, 7) is 0.394. The second kappa shape index (κ2) is 6.10. The number of carboxylic acid groups (broad SMARTS) is 1. The lowest BCUT2D eigenvalue weighted by Crippen LogP contribution is -2.05. The van der Waals surface area contributed by atoms with E-state index < -0.39 is 16.0 Å². The van der Waals surface area contributed by atoms with Crippen molar-refractivity contribution < 1.29 is 23.1 Å². The maximum atomic E-state index is 11.5. The zero-order valence-corrected chi connectivity index (χ0v) is 14.0. The van der Waals surface area contributed by atoms with Crippen molar-refractivity contribution in [2.75, 3.05) is 12.0 Å². The standard InChI is InChI=1S/C16H15N3O5S/c1-25(22,23)12-5-2-10(3-6-12)9-19-14-7-4-11(24-16(20)21)8-13(14)18-15(19)17/h2-8H,9H2,1H3,(H2,17,18)(H,20,21). The molecule has 3 rings (SSSR count). The van der Waals surface area contributed by atoms with E-state index >= 15 is 0 Å². The Morgan fingerprint density at radius 1 is 1.24 bits per heavy atom. The number of aromatic nitrogens is 2. The summed E-state index contributed by atoms with van der Waals surface area (Å²) in [5.41, 5.74) is 8.02. The van der Waals surface area contributed by atoms with Gasteiger partial charge in [-0.3, -0.25) is 0 Å². The van der Waals surface area contributed by atoms with E-state index in [1.165, 1.54) is 12.1 Å². The Morgan fingerprint density at radius 3 is 2.52 bits per heavy atom. The summed E-state index contributed by atoms with van der Waals surface area (Å²) in [6, 6.07) is 11.2. The topological polar surface area (TPSA) is 125 Å². The number of fused-ring (bicyclic) bond motifs is 1. The molecule has 0 unspecified atom stereocenters. The molecule has 0 aliphatic carbocycles. The molecule has 3 N–H and O–H groups in total. The van der Waals surface area contributed by atoms with Crippen molar-refractivity contribution >= 4 is 33.0 Å². The summed E-state index contributed by atoms with van der Waals surface area (Å²) < 4.78 is 29.4. The molecule has 0 saturated carbocycles. The normalized spacial score (nSPS) is 11.6. The molecule has 0 atom stereocenters. The third kappa shape index (κ3) is 3.56. The number of sulfone groups is 1.